The zero-order chi connectivity index (χ0) is 26.7. The molecule has 0 saturated heterocycles. The number of aliphatic hydroxyl groups is 1. The maximum atomic E-state index is 12.3. The number of benzene rings is 1. The van der Waals surface area contributed by atoms with Gasteiger partial charge >= 0.3 is 5.97 Å². The van der Waals surface area contributed by atoms with Crippen LogP contribution in [0.4, 0.5) is 11.4 Å². The highest BCUT2D eigenvalue weighted by molar-refractivity contribution is 7.18. The summed E-state index contributed by atoms with van der Waals surface area (Å²) >= 11 is 0. The summed E-state index contributed by atoms with van der Waals surface area (Å²) in [6.07, 6.45) is 0.222. The molecule has 0 aliphatic rings. The molecule has 0 radical (unpaired) electrons. The number of hydrogen-bond acceptors (Lipinski definition) is 7. The molecule has 0 aliphatic heterocycles. The molecule has 34 heavy (non-hydrogen) atoms. The van der Waals surface area contributed by atoms with Gasteiger partial charge in [0.2, 0.25) is 17.7 Å². The molecule has 0 spiro atoms. The molecule has 1 rings (SSSR count). The number of carboxylic acid groups (broad SMARTS) is 1. The molecular formula is C22H40N5O6P. The minimum atomic E-state index is -0.745. The molecule has 0 aromatic heterocycles. The molecule has 3 amide bonds. The van der Waals surface area contributed by atoms with Gasteiger partial charge in [-0.05, 0) is 34.5 Å². The maximum absolute atomic E-state index is 12.3. The number of carbonyl (C=O) groups excluding carboxylic acids is 3. The van der Waals surface area contributed by atoms with Crippen LogP contribution in [0.5, 0.6) is 0 Å². The molecule has 0 bridgehead atoms. The molecule has 1 aromatic carbocycles. The van der Waals surface area contributed by atoms with E-state index in [-0.39, 0.29) is 37.9 Å². The van der Waals surface area contributed by atoms with E-state index < -0.39 is 23.8 Å². The van der Waals surface area contributed by atoms with E-state index in [4.69, 9.17) is 5.11 Å². The zero-order valence-corrected chi connectivity index (χ0v) is 22.0. The molecule has 0 fully saturated rings. The van der Waals surface area contributed by atoms with Gasteiger partial charge in [-0.25, -0.2) is 0 Å². The van der Waals surface area contributed by atoms with Crippen LogP contribution in [0.15, 0.2) is 18.2 Å². The largest absolute Gasteiger partial charge is 0.481 e. The molecule has 1 aromatic rings. The van der Waals surface area contributed by atoms with Crippen molar-refractivity contribution in [1.29, 1.82) is 0 Å². The summed E-state index contributed by atoms with van der Waals surface area (Å²) in [5.74, 6) is -2.00. The van der Waals surface area contributed by atoms with Crippen molar-refractivity contribution in [2.45, 2.75) is 53.7 Å². The smallest absolute Gasteiger partial charge is 0.303 e. The van der Waals surface area contributed by atoms with Crippen LogP contribution >= 0.6 is 9.39 Å². The lowest BCUT2D eigenvalue weighted by Gasteiger charge is -2.21. The van der Waals surface area contributed by atoms with Crippen molar-refractivity contribution in [3.05, 3.63) is 23.8 Å². The van der Waals surface area contributed by atoms with Gasteiger partial charge in [0.25, 0.3) is 0 Å². The molecule has 7 N–H and O–H groups in total. The first-order chi connectivity index (χ1) is 16.1. The number of anilines is 2. The quantitative estimate of drug-likeness (QED) is 0.223. The van der Waals surface area contributed by atoms with Crippen LogP contribution in [0.25, 0.3) is 0 Å². The van der Waals surface area contributed by atoms with Crippen molar-refractivity contribution in [1.82, 2.24) is 16.0 Å². The van der Waals surface area contributed by atoms with Crippen LogP contribution < -0.4 is 26.4 Å². The number of carboxylic acids is 1. The van der Waals surface area contributed by atoms with Crippen LogP contribution in [-0.4, -0.2) is 60.1 Å². The highest BCUT2D eigenvalue weighted by Gasteiger charge is 2.24. The van der Waals surface area contributed by atoms with Gasteiger partial charge in [-0.2, -0.15) is 0 Å². The Labute approximate surface area is 204 Å². The monoisotopic (exact) mass is 501 g/mol. The van der Waals surface area contributed by atoms with Crippen molar-refractivity contribution in [2.24, 2.45) is 5.92 Å². The Morgan fingerprint density at radius 1 is 1.06 bits per heavy atom. The third kappa shape index (κ3) is 14.4. The predicted octanol–water partition coefficient (Wildman–Crippen LogP) is 1.30. The summed E-state index contributed by atoms with van der Waals surface area (Å²) in [5, 5.41) is 30.4. The van der Waals surface area contributed by atoms with Gasteiger partial charge in [0.05, 0.1) is 19.7 Å². The summed E-state index contributed by atoms with van der Waals surface area (Å²) < 4.78 is 0. The maximum Gasteiger partial charge on any atom is 0.303 e. The molecule has 0 heterocycles. The summed E-state index contributed by atoms with van der Waals surface area (Å²) in [5.41, 5.74) is 1.88. The van der Waals surface area contributed by atoms with Crippen molar-refractivity contribution in [3.63, 3.8) is 0 Å². The molecular weight excluding hydrogens is 461 g/mol. The van der Waals surface area contributed by atoms with Gasteiger partial charge in [0, 0.05) is 23.4 Å². The Morgan fingerprint density at radius 2 is 1.65 bits per heavy atom. The fourth-order valence-electron chi connectivity index (χ4n) is 2.33. The van der Waals surface area contributed by atoms with E-state index in [1.807, 2.05) is 27.7 Å². The number of nitrogens with one attached hydrogen (secondary N) is 5. The van der Waals surface area contributed by atoms with Gasteiger partial charge in [-0.3, -0.25) is 19.2 Å². The Kier molecular flexibility index (Phi) is 19.4. The minimum absolute atomic E-state index is 0.104. The molecule has 194 valence electrons. The van der Waals surface area contributed by atoms with E-state index >= 15 is 0 Å². The van der Waals surface area contributed by atoms with Crippen LogP contribution in [0, 0.1) is 5.92 Å². The number of likely N-dealkylation sites (N-methyl/N-ethyl adjacent to an activating group) is 1. The average Bonchev–Trinajstić information content (AvgIpc) is 2.82. The number of rotatable bonds is 11. The van der Waals surface area contributed by atoms with Crippen LogP contribution in [0.2, 0.25) is 0 Å². The van der Waals surface area contributed by atoms with Gasteiger partial charge in [-0.1, -0.05) is 40.7 Å². The van der Waals surface area contributed by atoms with E-state index in [2.05, 4.69) is 35.7 Å². The Bertz CT molecular complexity index is 776. The SMILES string of the molecule is CC.CCC(=O)O.CNCC(=O)NC(C(=O)NCC(=O)Nc1ccc(CO)c(NP)c1)C(C)C. The summed E-state index contributed by atoms with van der Waals surface area (Å²) in [4.78, 5) is 45.5. The van der Waals surface area contributed by atoms with Crippen molar-refractivity contribution < 1.29 is 29.4 Å². The van der Waals surface area contributed by atoms with Crippen LogP contribution in [0.3, 0.4) is 0 Å². The fourth-order valence-corrected chi connectivity index (χ4v) is 2.60. The lowest BCUT2D eigenvalue weighted by Crippen LogP contribution is -2.52. The number of amides is 3. The second-order valence-electron chi connectivity index (χ2n) is 7.01. The molecule has 12 heteroatoms. The van der Waals surface area contributed by atoms with Crippen molar-refractivity contribution in [2.75, 3.05) is 30.5 Å². The second-order valence-corrected chi connectivity index (χ2v) is 7.30. The van der Waals surface area contributed by atoms with Crippen LogP contribution in [-0.2, 0) is 25.8 Å². The number of carbonyl (C=O) groups is 4. The first-order valence-corrected chi connectivity index (χ1v) is 11.6. The molecule has 11 nitrogen and oxygen atoms in total. The summed E-state index contributed by atoms with van der Waals surface area (Å²) in [6, 6.07) is 4.29. The van der Waals surface area contributed by atoms with E-state index in [1.165, 1.54) is 0 Å². The van der Waals surface area contributed by atoms with Crippen molar-refractivity contribution >= 4 is 44.5 Å². The van der Waals surface area contributed by atoms with Gasteiger partial charge in [0.1, 0.15) is 6.04 Å². The lowest BCUT2D eigenvalue weighted by atomic mass is 10.0. The number of hydrogen-bond donors (Lipinski definition) is 7. The molecule has 0 aliphatic carbocycles. The summed E-state index contributed by atoms with van der Waals surface area (Å²) in [7, 11) is 3.97. The van der Waals surface area contributed by atoms with E-state index in [0.717, 1.165) is 0 Å². The number of aliphatic hydroxyl groups excluding tert-OH is 1. The zero-order valence-electron chi connectivity index (χ0n) is 20.8. The van der Waals surface area contributed by atoms with E-state index in [0.29, 0.717) is 16.9 Å². The Balaban J connectivity index is 0. The molecule has 2 atom stereocenters. The van der Waals surface area contributed by atoms with Gasteiger partial charge in [0.15, 0.2) is 0 Å². The van der Waals surface area contributed by atoms with E-state index in [9.17, 15) is 24.3 Å². The van der Waals surface area contributed by atoms with E-state index in [1.54, 1.807) is 32.2 Å². The third-order valence-electron chi connectivity index (χ3n) is 4.05. The van der Waals surface area contributed by atoms with Gasteiger partial charge in [-0.15, -0.1) is 0 Å². The van der Waals surface area contributed by atoms with Crippen LogP contribution in [0.1, 0.15) is 46.6 Å². The minimum Gasteiger partial charge on any atom is -0.481 e. The normalized spacial score (nSPS) is 10.5. The first kappa shape index (κ1) is 33.4. The summed E-state index contributed by atoms with van der Waals surface area (Å²) in [6.45, 7) is 8.97. The second kappa shape index (κ2) is 19.7. The molecule has 0 saturated carbocycles. The standard InChI is InChI=1S/C17H28N5O4P.C3H6O2.C2H6/c1-10(2)16(21-14(24)7-18-3)17(26)19-8-15(25)20-12-5-4-11(9-23)13(6-12)22-27;1-2-3(4)5;1-2/h4-6,10,16,18,22-23H,7-9,27H2,1-3H3,(H,19,26)(H,20,25)(H,21,24);2H2,1H3,(H,4,5);1-2H3. The lowest BCUT2D eigenvalue weighted by molar-refractivity contribution is -0.136. The third-order valence-corrected chi connectivity index (χ3v) is 4.36. The Hall–Kier alpha value is -2.75. The van der Waals surface area contributed by atoms with Crippen molar-refractivity contribution in [3.8, 4) is 0 Å². The highest BCUT2D eigenvalue weighted by Crippen LogP contribution is 2.22. The van der Waals surface area contributed by atoms with Gasteiger partial charge < -0.3 is 36.6 Å². The topological polar surface area (TPSA) is 169 Å². The average molecular weight is 502 g/mol. The predicted molar refractivity (Wildman–Crippen MR) is 137 cm³/mol. The highest BCUT2D eigenvalue weighted by atomic mass is 31.0. The fraction of sp³-hybridized carbons (Fsp3) is 0.545. The Morgan fingerprint density at radius 3 is 2.09 bits per heavy atom. The molecule has 2 unspecified atom stereocenters. The number of aliphatic carboxylic acids is 1. The first-order valence-electron chi connectivity index (χ1n) is 11.0.